The number of hydrogen-bond acceptors (Lipinski definition) is 4. The number of benzene rings is 3. The Balaban J connectivity index is 1.33. The van der Waals surface area contributed by atoms with Crippen LogP contribution in [0.5, 0.6) is 0 Å². The van der Waals surface area contributed by atoms with Gasteiger partial charge in [-0.05, 0) is 59.5 Å². The first kappa shape index (κ1) is 24.4. The average molecular weight is 489 g/mol. The van der Waals surface area contributed by atoms with E-state index in [4.69, 9.17) is 0 Å². The Bertz CT molecular complexity index is 1360. The van der Waals surface area contributed by atoms with Gasteiger partial charge in [0, 0.05) is 25.4 Å². The molecule has 180 valence electrons. The van der Waals surface area contributed by atoms with E-state index in [1.807, 2.05) is 35.1 Å². The molecule has 3 aromatic carbocycles. The van der Waals surface area contributed by atoms with E-state index in [1.54, 1.807) is 30.5 Å². The van der Waals surface area contributed by atoms with Crippen LogP contribution in [0.15, 0.2) is 96.2 Å². The van der Waals surface area contributed by atoms with Gasteiger partial charge in [-0.15, -0.1) is 0 Å². The van der Waals surface area contributed by atoms with Gasteiger partial charge in [0.05, 0.1) is 11.4 Å². The summed E-state index contributed by atoms with van der Waals surface area (Å²) in [6.45, 7) is 1.16. The van der Waals surface area contributed by atoms with Crippen molar-refractivity contribution in [1.29, 1.82) is 0 Å². The molecule has 0 aliphatic carbocycles. The second-order valence-electron chi connectivity index (χ2n) is 8.19. The largest absolute Gasteiger partial charge is 0.352 e. The predicted molar refractivity (Wildman–Crippen MR) is 136 cm³/mol. The maximum absolute atomic E-state index is 12.5. The van der Waals surface area contributed by atoms with Crippen molar-refractivity contribution in [2.75, 3.05) is 7.05 Å². The van der Waals surface area contributed by atoms with Crippen molar-refractivity contribution in [2.24, 2.45) is 0 Å². The third-order valence-electron chi connectivity index (χ3n) is 5.81. The standard InChI is InChI=1S/C27H28N4O3S/c1-28-35(33,34)25-14-9-21(10-15-25)11-16-27(32)29-19-24-5-2-3-6-26(24)23-12-7-22(8-13-23)20-31-18-4-17-30-31/h2-10,12-15,17-18,28H,11,16,19-20H2,1H3,(H,29,32). The monoisotopic (exact) mass is 488 g/mol. The van der Waals surface area contributed by atoms with Crippen molar-refractivity contribution < 1.29 is 13.2 Å². The fourth-order valence-corrected chi connectivity index (χ4v) is 4.55. The fourth-order valence-electron chi connectivity index (χ4n) is 3.82. The lowest BCUT2D eigenvalue weighted by molar-refractivity contribution is -0.121. The number of carbonyl (C=O) groups is 1. The van der Waals surface area contributed by atoms with E-state index < -0.39 is 10.0 Å². The second-order valence-corrected chi connectivity index (χ2v) is 10.1. The van der Waals surface area contributed by atoms with Gasteiger partial charge in [-0.3, -0.25) is 9.48 Å². The van der Waals surface area contributed by atoms with Gasteiger partial charge in [0.2, 0.25) is 15.9 Å². The Labute approximate surface area is 205 Å². The van der Waals surface area contributed by atoms with Gasteiger partial charge in [0.25, 0.3) is 0 Å². The number of carbonyl (C=O) groups excluding carboxylic acids is 1. The average Bonchev–Trinajstić information content (AvgIpc) is 3.40. The summed E-state index contributed by atoms with van der Waals surface area (Å²) in [5.74, 6) is -0.0544. The molecular formula is C27H28N4O3S. The van der Waals surface area contributed by atoms with Crippen molar-refractivity contribution in [1.82, 2.24) is 19.8 Å². The first-order valence-electron chi connectivity index (χ1n) is 11.4. The van der Waals surface area contributed by atoms with E-state index in [1.165, 1.54) is 12.6 Å². The minimum atomic E-state index is -3.46. The van der Waals surface area contributed by atoms with Crippen LogP contribution >= 0.6 is 0 Å². The van der Waals surface area contributed by atoms with E-state index in [2.05, 4.69) is 45.5 Å². The second kappa shape index (κ2) is 11.1. The van der Waals surface area contributed by atoms with Crippen molar-refractivity contribution in [3.63, 3.8) is 0 Å². The summed E-state index contributed by atoms with van der Waals surface area (Å²) >= 11 is 0. The van der Waals surface area contributed by atoms with E-state index in [-0.39, 0.29) is 10.8 Å². The van der Waals surface area contributed by atoms with Gasteiger partial charge in [-0.1, -0.05) is 60.7 Å². The highest BCUT2D eigenvalue weighted by Gasteiger charge is 2.11. The molecule has 0 spiro atoms. The quantitative estimate of drug-likeness (QED) is 0.356. The number of nitrogens with zero attached hydrogens (tertiary/aromatic N) is 2. The van der Waals surface area contributed by atoms with E-state index >= 15 is 0 Å². The molecule has 0 aliphatic rings. The predicted octanol–water partition coefficient (Wildman–Crippen LogP) is 3.76. The van der Waals surface area contributed by atoms with Crippen LogP contribution in [0.2, 0.25) is 0 Å². The van der Waals surface area contributed by atoms with E-state index in [0.717, 1.165) is 28.8 Å². The van der Waals surface area contributed by atoms with Crippen molar-refractivity contribution in [2.45, 2.75) is 30.8 Å². The molecule has 4 rings (SSSR count). The van der Waals surface area contributed by atoms with Crippen molar-refractivity contribution >= 4 is 15.9 Å². The summed E-state index contributed by atoms with van der Waals surface area (Å²) in [7, 11) is -2.08. The Hall–Kier alpha value is -3.75. The number of aryl methyl sites for hydroxylation is 1. The highest BCUT2D eigenvalue weighted by Crippen LogP contribution is 2.24. The molecule has 0 fully saturated rings. The topological polar surface area (TPSA) is 93.1 Å². The van der Waals surface area contributed by atoms with Gasteiger partial charge >= 0.3 is 0 Å². The lowest BCUT2D eigenvalue weighted by atomic mass is 9.98. The number of aromatic nitrogens is 2. The Morgan fingerprint density at radius 2 is 1.63 bits per heavy atom. The minimum Gasteiger partial charge on any atom is -0.352 e. The first-order valence-corrected chi connectivity index (χ1v) is 12.9. The molecular weight excluding hydrogens is 460 g/mol. The van der Waals surface area contributed by atoms with Crippen LogP contribution in [0.25, 0.3) is 11.1 Å². The van der Waals surface area contributed by atoms with Crippen LogP contribution in [0.4, 0.5) is 0 Å². The molecule has 1 heterocycles. The number of rotatable bonds is 10. The smallest absolute Gasteiger partial charge is 0.240 e. The highest BCUT2D eigenvalue weighted by atomic mass is 32.2. The zero-order valence-corrected chi connectivity index (χ0v) is 20.3. The molecule has 0 unspecified atom stereocenters. The molecule has 1 aromatic heterocycles. The molecule has 4 aromatic rings. The number of amides is 1. The molecule has 0 saturated carbocycles. The van der Waals surface area contributed by atoms with Crippen LogP contribution in [0, 0.1) is 0 Å². The van der Waals surface area contributed by atoms with Crippen LogP contribution in [0.1, 0.15) is 23.1 Å². The molecule has 8 heteroatoms. The summed E-state index contributed by atoms with van der Waals surface area (Å²) in [5.41, 5.74) is 5.29. The maximum atomic E-state index is 12.5. The molecule has 2 N–H and O–H groups in total. The normalized spacial score (nSPS) is 11.3. The Kier molecular flexibility index (Phi) is 7.74. The Morgan fingerprint density at radius 1 is 0.914 bits per heavy atom. The van der Waals surface area contributed by atoms with Gasteiger partial charge < -0.3 is 5.32 Å². The van der Waals surface area contributed by atoms with E-state index in [0.29, 0.717) is 19.4 Å². The van der Waals surface area contributed by atoms with Crippen LogP contribution in [0.3, 0.4) is 0 Å². The summed E-state index contributed by atoms with van der Waals surface area (Å²) in [6.07, 6.45) is 4.56. The molecule has 1 amide bonds. The molecule has 0 bridgehead atoms. The van der Waals surface area contributed by atoms with Gasteiger partial charge in [-0.2, -0.15) is 5.10 Å². The molecule has 0 atom stereocenters. The lowest BCUT2D eigenvalue weighted by Crippen LogP contribution is -2.23. The van der Waals surface area contributed by atoms with Gasteiger partial charge in [0.1, 0.15) is 0 Å². The maximum Gasteiger partial charge on any atom is 0.240 e. The zero-order chi connectivity index (χ0) is 24.7. The molecule has 7 nitrogen and oxygen atoms in total. The van der Waals surface area contributed by atoms with Crippen LogP contribution in [-0.2, 0) is 34.3 Å². The summed E-state index contributed by atoms with van der Waals surface area (Å²) in [6, 6.07) is 24.9. The number of nitrogens with one attached hydrogen (secondary N) is 2. The third-order valence-corrected chi connectivity index (χ3v) is 7.24. The molecule has 0 saturated heterocycles. The summed E-state index contributed by atoms with van der Waals surface area (Å²) < 4.78 is 27.8. The highest BCUT2D eigenvalue weighted by molar-refractivity contribution is 7.89. The first-order chi connectivity index (χ1) is 16.9. The number of sulfonamides is 1. The minimum absolute atomic E-state index is 0.0544. The molecule has 35 heavy (non-hydrogen) atoms. The third kappa shape index (κ3) is 6.44. The molecule has 0 radical (unpaired) electrons. The molecule has 0 aliphatic heterocycles. The van der Waals surface area contributed by atoms with E-state index in [9.17, 15) is 13.2 Å². The summed E-state index contributed by atoms with van der Waals surface area (Å²) in [4.78, 5) is 12.7. The van der Waals surface area contributed by atoms with Crippen molar-refractivity contribution in [3.05, 3.63) is 108 Å². The SMILES string of the molecule is CNS(=O)(=O)c1ccc(CCC(=O)NCc2ccccc2-c2ccc(Cn3cccn3)cc2)cc1. The van der Waals surface area contributed by atoms with Crippen LogP contribution < -0.4 is 10.0 Å². The van der Waals surface area contributed by atoms with Crippen LogP contribution in [-0.4, -0.2) is 31.2 Å². The van der Waals surface area contributed by atoms with Gasteiger partial charge in [0.15, 0.2) is 0 Å². The van der Waals surface area contributed by atoms with Crippen molar-refractivity contribution in [3.8, 4) is 11.1 Å². The zero-order valence-electron chi connectivity index (χ0n) is 19.5. The van der Waals surface area contributed by atoms with Gasteiger partial charge in [-0.25, -0.2) is 13.1 Å². The summed E-state index contributed by atoms with van der Waals surface area (Å²) in [5, 5.41) is 7.26. The Morgan fingerprint density at radius 3 is 2.31 bits per heavy atom. The lowest BCUT2D eigenvalue weighted by Gasteiger charge is -2.12. The fraction of sp³-hybridized carbons (Fsp3) is 0.185. The number of hydrogen-bond donors (Lipinski definition) is 2.